The number of hydrogen-bond donors (Lipinski definition) is 0. The highest BCUT2D eigenvalue weighted by molar-refractivity contribution is 6.31. The first-order valence-corrected chi connectivity index (χ1v) is 10.4. The Kier molecular flexibility index (Phi) is 5.16. The van der Waals surface area contributed by atoms with Gasteiger partial charge in [0.1, 0.15) is 16.9 Å². The number of nitrogens with zero attached hydrogens (tertiary/aromatic N) is 1. The normalized spacial score (nSPS) is 23.4. The maximum absolute atomic E-state index is 6.52. The van der Waals surface area contributed by atoms with Crippen LogP contribution in [0, 0.1) is 0 Å². The van der Waals surface area contributed by atoms with Crippen LogP contribution in [0.3, 0.4) is 0 Å². The third-order valence-electron chi connectivity index (χ3n) is 5.75. The maximum Gasteiger partial charge on any atom is 0.237 e. The van der Waals surface area contributed by atoms with Crippen molar-refractivity contribution in [1.29, 1.82) is 0 Å². The van der Waals surface area contributed by atoms with Crippen molar-refractivity contribution < 1.29 is 13.6 Å². The molecule has 3 aromatic rings. The summed E-state index contributed by atoms with van der Waals surface area (Å²) in [5.41, 5.74) is 1.66. The number of ether oxygens (including phenoxy) is 1. The van der Waals surface area contributed by atoms with Crippen molar-refractivity contribution in [3.05, 3.63) is 53.7 Å². The van der Waals surface area contributed by atoms with E-state index in [1.807, 2.05) is 24.3 Å². The Bertz CT molecular complexity index is 977. The number of halogens is 1. The van der Waals surface area contributed by atoms with Crippen molar-refractivity contribution in [3.63, 3.8) is 0 Å². The summed E-state index contributed by atoms with van der Waals surface area (Å²) in [6.45, 7) is 6.63. The van der Waals surface area contributed by atoms with Gasteiger partial charge in [-0.05, 0) is 56.5 Å². The number of benzene rings is 2. The van der Waals surface area contributed by atoms with Gasteiger partial charge in [0, 0.05) is 34.3 Å². The van der Waals surface area contributed by atoms with Crippen LogP contribution in [0.4, 0.5) is 0 Å². The van der Waals surface area contributed by atoms with Crippen LogP contribution in [0.15, 0.2) is 53.1 Å². The van der Waals surface area contributed by atoms with E-state index in [1.54, 1.807) is 0 Å². The zero-order chi connectivity index (χ0) is 18.9. The van der Waals surface area contributed by atoms with E-state index in [-0.39, 0.29) is 6.23 Å². The minimum absolute atomic E-state index is 0.155. The average molecular weight is 385 g/mol. The number of likely N-dealkylation sites (tertiary alicyclic amines) is 1. The molecular formula is C23H27ClNO2+. The van der Waals surface area contributed by atoms with Crippen LogP contribution >= 0.6 is 11.6 Å². The van der Waals surface area contributed by atoms with E-state index in [0.29, 0.717) is 5.02 Å². The van der Waals surface area contributed by atoms with Crippen molar-refractivity contribution in [2.24, 2.45) is 0 Å². The summed E-state index contributed by atoms with van der Waals surface area (Å²) in [5, 5.41) is 2.87. The van der Waals surface area contributed by atoms with Gasteiger partial charge in [-0.3, -0.25) is 4.48 Å². The molecule has 0 N–H and O–H groups in total. The van der Waals surface area contributed by atoms with Gasteiger partial charge in [0.05, 0.1) is 19.3 Å². The standard InChI is InChI=1S/C23H27ClNO2/c1-3-5-13-25(4-2)14-7-6-8-23(25)26-18-10-12-20-19-11-9-17(24)15-21(19)27-22(20)16-18/h5,9-13,15-16,23H,3-4,6-8,14H2,1-2H3/q+1. The van der Waals surface area contributed by atoms with Crippen LogP contribution in [0.1, 0.15) is 39.5 Å². The Labute approximate surface area is 165 Å². The molecule has 0 spiro atoms. The number of fused-ring (bicyclic) bond motifs is 3. The molecule has 2 unspecified atom stereocenters. The highest BCUT2D eigenvalue weighted by Crippen LogP contribution is 2.35. The fourth-order valence-electron chi connectivity index (χ4n) is 4.20. The topological polar surface area (TPSA) is 22.4 Å². The Morgan fingerprint density at radius 2 is 1.89 bits per heavy atom. The van der Waals surface area contributed by atoms with Crippen molar-refractivity contribution in [2.75, 3.05) is 13.1 Å². The molecule has 2 aromatic carbocycles. The zero-order valence-electron chi connectivity index (χ0n) is 16.1. The summed E-state index contributed by atoms with van der Waals surface area (Å²) in [6, 6.07) is 12.0. The molecule has 2 atom stereocenters. The second kappa shape index (κ2) is 7.57. The van der Waals surface area contributed by atoms with E-state index in [4.69, 9.17) is 20.8 Å². The largest absolute Gasteiger partial charge is 0.456 e. The van der Waals surface area contributed by atoms with Gasteiger partial charge in [0.2, 0.25) is 6.23 Å². The Balaban J connectivity index is 1.67. The van der Waals surface area contributed by atoms with Crippen molar-refractivity contribution >= 4 is 33.5 Å². The predicted octanol–water partition coefficient (Wildman–Crippen LogP) is 6.89. The molecule has 0 bridgehead atoms. The molecule has 0 amide bonds. The summed E-state index contributed by atoms with van der Waals surface area (Å²) in [4.78, 5) is 0. The van der Waals surface area contributed by atoms with Gasteiger partial charge in [-0.25, -0.2) is 0 Å². The number of rotatable bonds is 5. The number of allylic oxidation sites excluding steroid dienone is 1. The third kappa shape index (κ3) is 3.46. The molecule has 27 heavy (non-hydrogen) atoms. The fourth-order valence-corrected chi connectivity index (χ4v) is 4.37. The van der Waals surface area contributed by atoms with Gasteiger partial charge >= 0.3 is 0 Å². The lowest BCUT2D eigenvalue weighted by Crippen LogP contribution is -2.56. The van der Waals surface area contributed by atoms with Crippen molar-refractivity contribution in [1.82, 2.24) is 0 Å². The first kappa shape index (κ1) is 18.4. The molecule has 2 heterocycles. The summed E-state index contributed by atoms with van der Waals surface area (Å²) in [7, 11) is 0. The average Bonchev–Trinajstić information content (AvgIpc) is 3.04. The van der Waals surface area contributed by atoms with Gasteiger partial charge in [-0.1, -0.05) is 18.5 Å². The van der Waals surface area contributed by atoms with E-state index in [9.17, 15) is 0 Å². The summed E-state index contributed by atoms with van der Waals surface area (Å²) >= 11 is 6.10. The van der Waals surface area contributed by atoms with E-state index < -0.39 is 0 Å². The van der Waals surface area contributed by atoms with Crippen LogP contribution in [0.25, 0.3) is 21.9 Å². The van der Waals surface area contributed by atoms with Gasteiger partial charge in [-0.2, -0.15) is 0 Å². The fraction of sp³-hybridized carbons (Fsp3) is 0.391. The Morgan fingerprint density at radius 3 is 2.67 bits per heavy atom. The van der Waals surface area contributed by atoms with E-state index in [0.717, 1.165) is 58.1 Å². The van der Waals surface area contributed by atoms with Crippen molar-refractivity contribution in [3.8, 4) is 5.75 Å². The highest BCUT2D eigenvalue weighted by atomic mass is 35.5. The smallest absolute Gasteiger partial charge is 0.237 e. The van der Waals surface area contributed by atoms with Crippen molar-refractivity contribution in [2.45, 2.75) is 45.8 Å². The third-order valence-corrected chi connectivity index (χ3v) is 5.99. The molecule has 3 nitrogen and oxygen atoms in total. The lowest BCUT2D eigenvalue weighted by molar-refractivity contribution is -0.926. The van der Waals surface area contributed by atoms with Crippen LogP contribution < -0.4 is 4.74 Å². The Hall–Kier alpha value is -1.97. The van der Waals surface area contributed by atoms with Gasteiger partial charge in [-0.15, -0.1) is 0 Å². The second-order valence-corrected chi connectivity index (χ2v) is 7.84. The minimum atomic E-state index is 0.155. The lowest BCUT2D eigenvalue weighted by atomic mass is 10.1. The second-order valence-electron chi connectivity index (χ2n) is 7.40. The summed E-state index contributed by atoms with van der Waals surface area (Å²) < 4.78 is 13.4. The maximum atomic E-state index is 6.52. The molecule has 1 fully saturated rings. The van der Waals surface area contributed by atoms with Crippen LogP contribution in [-0.4, -0.2) is 23.8 Å². The van der Waals surface area contributed by atoms with E-state index >= 15 is 0 Å². The van der Waals surface area contributed by atoms with Crippen LogP contribution in [0.5, 0.6) is 5.75 Å². The summed E-state index contributed by atoms with van der Waals surface area (Å²) in [6.07, 6.45) is 9.39. The number of furan rings is 1. The number of hydrogen-bond acceptors (Lipinski definition) is 2. The molecule has 0 saturated carbocycles. The molecule has 1 aliphatic heterocycles. The Morgan fingerprint density at radius 1 is 1.11 bits per heavy atom. The first-order chi connectivity index (χ1) is 13.1. The summed E-state index contributed by atoms with van der Waals surface area (Å²) in [5.74, 6) is 0.875. The molecule has 1 aromatic heterocycles. The molecule has 1 saturated heterocycles. The minimum Gasteiger partial charge on any atom is -0.456 e. The molecule has 0 aliphatic carbocycles. The zero-order valence-corrected chi connectivity index (χ0v) is 16.8. The van der Waals surface area contributed by atoms with Gasteiger partial charge < -0.3 is 9.15 Å². The van der Waals surface area contributed by atoms with E-state index in [1.165, 1.54) is 12.8 Å². The molecule has 0 radical (unpaired) electrons. The van der Waals surface area contributed by atoms with Gasteiger partial charge in [0.15, 0.2) is 0 Å². The lowest BCUT2D eigenvalue weighted by Gasteiger charge is -2.43. The van der Waals surface area contributed by atoms with E-state index in [2.05, 4.69) is 38.3 Å². The number of piperidine rings is 1. The molecule has 1 aliphatic rings. The first-order valence-electron chi connectivity index (χ1n) is 9.98. The predicted molar refractivity (Wildman–Crippen MR) is 112 cm³/mol. The SMILES string of the molecule is CCC=C[N+]1(CC)CCCCC1Oc1ccc2c(c1)oc1cc(Cl)ccc12. The molecule has 142 valence electrons. The molecule has 4 rings (SSSR count). The monoisotopic (exact) mass is 384 g/mol. The van der Waals surface area contributed by atoms with Gasteiger partial charge in [0.25, 0.3) is 0 Å². The van der Waals surface area contributed by atoms with Crippen LogP contribution in [0.2, 0.25) is 5.02 Å². The van der Waals surface area contributed by atoms with Crippen LogP contribution in [-0.2, 0) is 0 Å². The molecular weight excluding hydrogens is 358 g/mol. The quantitative estimate of drug-likeness (QED) is 0.447. The molecule has 4 heteroatoms. The number of quaternary nitrogens is 1. The highest BCUT2D eigenvalue weighted by Gasteiger charge is 2.38.